The number of furan rings is 1. The van der Waals surface area contributed by atoms with Gasteiger partial charge in [0.1, 0.15) is 16.8 Å². The van der Waals surface area contributed by atoms with Gasteiger partial charge in [0.25, 0.3) is 0 Å². The van der Waals surface area contributed by atoms with Crippen molar-refractivity contribution in [3.8, 4) is 11.4 Å². The van der Waals surface area contributed by atoms with Gasteiger partial charge in [0.2, 0.25) is 0 Å². The van der Waals surface area contributed by atoms with Gasteiger partial charge in [0, 0.05) is 27.7 Å². The molecule has 0 saturated heterocycles. The van der Waals surface area contributed by atoms with Crippen molar-refractivity contribution in [1.82, 2.24) is 14.4 Å². The van der Waals surface area contributed by atoms with Gasteiger partial charge in [-0.15, -0.1) is 0 Å². The lowest BCUT2D eigenvalue weighted by atomic mass is 10.1. The Morgan fingerprint density at radius 2 is 1.50 bits per heavy atom. The molecule has 5 aromatic heterocycles. The van der Waals surface area contributed by atoms with Gasteiger partial charge in [0.15, 0.2) is 5.58 Å². The van der Waals surface area contributed by atoms with Crippen LogP contribution in [-0.4, -0.2) is 14.4 Å². The largest absolute Gasteiger partial charge is 0.454 e. The van der Waals surface area contributed by atoms with E-state index in [-0.39, 0.29) is 0 Å². The third-order valence-electron chi connectivity index (χ3n) is 6.57. The molecule has 4 heteroatoms. The third-order valence-corrected chi connectivity index (χ3v) is 6.57. The van der Waals surface area contributed by atoms with Crippen molar-refractivity contribution in [2.45, 2.75) is 0 Å². The summed E-state index contributed by atoms with van der Waals surface area (Å²) < 4.78 is 8.79. The van der Waals surface area contributed by atoms with Gasteiger partial charge in [-0.3, -0.25) is 4.98 Å². The van der Waals surface area contributed by atoms with E-state index in [1.807, 2.05) is 36.5 Å². The number of hydrogen-bond donors (Lipinski definition) is 0. The molecule has 0 aliphatic rings. The van der Waals surface area contributed by atoms with Crippen LogP contribution >= 0.6 is 0 Å². The Balaban J connectivity index is 1.63. The highest BCUT2D eigenvalue weighted by atomic mass is 16.3. The van der Waals surface area contributed by atoms with Crippen molar-refractivity contribution in [2.24, 2.45) is 0 Å². The normalized spacial score (nSPS) is 12.4. The van der Waals surface area contributed by atoms with E-state index in [9.17, 15) is 0 Å². The molecule has 8 rings (SSSR count). The fourth-order valence-electron chi connectivity index (χ4n) is 5.21. The molecule has 0 unspecified atom stereocenters. The Kier molecular flexibility index (Phi) is 2.86. The Morgan fingerprint density at radius 1 is 0.688 bits per heavy atom. The Labute approximate surface area is 181 Å². The van der Waals surface area contributed by atoms with Gasteiger partial charge >= 0.3 is 0 Å². The molecule has 0 aliphatic heterocycles. The molecule has 0 atom stereocenters. The van der Waals surface area contributed by atoms with Crippen molar-refractivity contribution < 1.29 is 4.42 Å². The summed E-state index contributed by atoms with van der Waals surface area (Å²) in [6.45, 7) is 0. The van der Waals surface area contributed by atoms with Crippen molar-refractivity contribution in [3.63, 3.8) is 0 Å². The van der Waals surface area contributed by atoms with Crippen molar-refractivity contribution in [3.05, 3.63) is 91.1 Å². The van der Waals surface area contributed by atoms with Crippen LogP contribution in [0.1, 0.15) is 0 Å². The topological polar surface area (TPSA) is 43.3 Å². The Hall–Kier alpha value is -4.44. The van der Waals surface area contributed by atoms with Crippen LogP contribution in [0.3, 0.4) is 0 Å². The summed E-state index contributed by atoms with van der Waals surface area (Å²) in [5.41, 5.74) is 7.82. The molecular weight excluding hydrogens is 394 g/mol. The van der Waals surface area contributed by atoms with E-state index < -0.39 is 0 Å². The van der Waals surface area contributed by atoms with Gasteiger partial charge in [0.05, 0.1) is 27.6 Å². The van der Waals surface area contributed by atoms with Crippen LogP contribution in [0.25, 0.3) is 71.6 Å². The lowest BCUT2D eigenvalue weighted by Gasteiger charge is -2.05. The zero-order valence-corrected chi connectivity index (χ0v) is 16.9. The van der Waals surface area contributed by atoms with Gasteiger partial charge in [-0.05, 0) is 30.3 Å². The first-order valence-corrected chi connectivity index (χ1v) is 10.7. The second kappa shape index (κ2) is 5.62. The smallest absolute Gasteiger partial charge is 0.163 e. The third kappa shape index (κ3) is 1.88. The van der Waals surface area contributed by atoms with E-state index in [4.69, 9.17) is 14.4 Å². The second-order valence-corrected chi connectivity index (χ2v) is 8.26. The minimum atomic E-state index is 0.852. The predicted octanol–water partition coefficient (Wildman–Crippen LogP) is 7.19. The van der Waals surface area contributed by atoms with E-state index in [1.165, 1.54) is 10.9 Å². The first-order valence-electron chi connectivity index (χ1n) is 10.7. The maximum Gasteiger partial charge on any atom is 0.163 e. The highest BCUT2D eigenvalue weighted by Gasteiger charge is 2.25. The Morgan fingerprint density at radius 3 is 2.47 bits per heavy atom. The molecule has 148 valence electrons. The number of nitrogens with zero attached hydrogens (tertiary/aromatic N) is 3. The Bertz CT molecular complexity index is 1990. The number of para-hydroxylation sites is 3. The van der Waals surface area contributed by atoms with Crippen LogP contribution in [0, 0.1) is 0 Å². The second-order valence-electron chi connectivity index (χ2n) is 8.26. The van der Waals surface area contributed by atoms with E-state index in [1.54, 1.807) is 0 Å². The van der Waals surface area contributed by atoms with Crippen LogP contribution in [-0.2, 0) is 0 Å². The monoisotopic (exact) mass is 409 g/mol. The predicted molar refractivity (Wildman–Crippen MR) is 129 cm³/mol. The van der Waals surface area contributed by atoms with E-state index in [0.29, 0.717) is 0 Å². The van der Waals surface area contributed by atoms with Crippen LogP contribution in [0.4, 0.5) is 0 Å². The van der Waals surface area contributed by atoms with Crippen molar-refractivity contribution in [2.75, 3.05) is 0 Å². The molecule has 8 aromatic rings. The molecule has 3 aromatic carbocycles. The average molecular weight is 409 g/mol. The molecule has 0 amide bonds. The molecule has 32 heavy (non-hydrogen) atoms. The molecule has 0 fully saturated rings. The van der Waals surface area contributed by atoms with Gasteiger partial charge in [-0.1, -0.05) is 54.6 Å². The van der Waals surface area contributed by atoms with Crippen LogP contribution in [0.15, 0.2) is 95.5 Å². The first-order chi connectivity index (χ1) is 15.9. The quantitative estimate of drug-likeness (QED) is 0.288. The van der Waals surface area contributed by atoms with E-state index in [2.05, 4.69) is 59.0 Å². The molecule has 0 N–H and O–H groups in total. The maximum absolute atomic E-state index is 6.45. The zero-order valence-electron chi connectivity index (χ0n) is 16.9. The zero-order chi connectivity index (χ0) is 20.8. The highest BCUT2D eigenvalue weighted by molar-refractivity contribution is 6.28. The van der Waals surface area contributed by atoms with Gasteiger partial charge in [-0.2, -0.15) is 0 Å². The van der Waals surface area contributed by atoms with E-state index in [0.717, 1.165) is 60.6 Å². The summed E-state index contributed by atoms with van der Waals surface area (Å²) in [6, 6.07) is 29.1. The fourth-order valence-corrected chi connectivity index (χ4v) is 5.21. The SMILES string of the molecule is c1ccc2nc(-c3ncc4c5ccccc5n5c6c7ccccc7oc6c3c45)ccc2c1. The summed E-state index contributed by atoms with van der Waals surface area (Å²) in [6.07, 6.45) is 1.98. The molecule has 0 aliphatic carbocycles. The summed E-state index contributed by atoms with van der Waals surface area (Å²) in [5, 5.41) is 5.58. The van der Waals surface area contributed by atoms with Gasteiger partial charge in [-0.25, -0.2) is 4.98 Å². The minimum absolute atomic E-state index is 0.852. The number of fused-ring (bicyclic) bond motifs is 9. The molecule has 5 heterocycles. The fraction of sp³-hybridized carbons (Fsp3) is 0. The molecule has 0 bridgehead atoms. The van der Waals surface area contributed by atoms with E-state index >= 15 is 0 Å². The van der Waals surface area contributed by atoms with Crippen LogP contribution < -0.4 is 0 Å². The standard InChI is InChI=1S/C28H15N3O/c1-4-10-20-16(7-1)13-14-21(30-20)25-24-26-19(15-29-25)17-8-2-5-11-22(17)31(26)27-18-9-3-6-12-23(18)32-28(24)27/h1-15H. The molecular formula is C28H15N3O. The lowest BCUT2D eigenvalue weighted by Crippen LogP contribution is -1.90. The van der Waals surface area contributed by atoms with Crippen LogP contribution in [0.5, 0.6) is 0 Å². The number of hydrogen-bond acceptors (Lipinski definition) is 3. The summed E-state index contributed by atoms with van der Waals surface area (Å²) >= 11 is 0. The number of benzene rings is 3. The molecule has 4 nitrogen and oxygen atoms in total. The number of pyridine rings is 2. The van der Waals surface area contributed by atoms with Crippen molar-refractivity contribution in [1.29, 1.82) is 0 Å². The summed E-state index contributed by atoms with van der Waals surface area (Å²) in [7, 11) is 0. The number of rotatable bonds is 1. The summed E-state index contributed by atoms with van der Waals surface area (Å²) in [5.74, 6) is 0. The minimum Gasteiger partial charge on any atom is -0.454 e. The first kappa shape index (κ1) is 16.3. The van der Waals surface area contributed by atoms with Crippen LogP contribution in [0.2, 0.25) is 0 Å². The number of aromatic nitrogens is 3. The van der Waals surface area contributed by atoms with Crippen molar-refractivity contribution >= 4 is 60.2 Å². The molecule has 0 saturated carbocycles. The molecule has 0 spiro atoms. The molecule has 0 radical (unpaired) electrons. The summed E-state index contributed by atoms with van der Waals surface area (Å²) in [4.78, 5) is 9.90. The average Bonchev–Trinajstić information content (AvgIpc) is 3.49. The highest BCUT2D eigenvalue weighted by Crippen LogP contribution is 2.45. The van der Waals surface area contributed by atoms with Gasteiger partial charge < -0.3 is 8.82 Å². The lowest BCUT2D eigenvalue weighted by molar-refractivity contribution is 0.673. The maximum atomic E-state index is 6.45.